The van der Waals surface area contributed by atoms with Gasteiger partial charge < -0.3 is 19.9 Å². The molecule has 1 amide bonds. The predicted molar refractivity (Wildman–Crippen MR) is 139 cm³/mol. The van der Waals surface area contributed by atoms with Gasteiger partial charge in [0.25, 0.3) is 5.91 Å². The molecule has 0 bridgehead atoms. The smallest absolute Gasteiger partial charge is 0.311 e. The van der Waals surface area contributed by atoms with Crippen LogP contribution in [0.4, 0.5) is 0 Å². The second-order valence-electron chi connectivity index (χ2n) is 10.1. The molecule has 7 heteroatoms. The number of carboxylic acid groups (broad SMARTS) is 1. The highest BCUT2D eigenvalue weighted by molar-refractivity contribution is 5.94. The topological polar surface area (TPSA) is 109 Å². The van der Waals surface area contributed by atoms with Gasteiger partial charge in [0.15, 0.2) is 0 Å². The zero-order chi connectivity index (χ0) is 26.6. The first-order chi connectivity index (χ1) is 17.6. The number of hydrogen-bond acceptors (Lipinski definition) is 5. The number of rotatable bonds is 7. The SMILES string of the molecule is CC(C)(C)c1ccc(CCNC(=O)c2ccc(OC3CC(C(=O)O)c4cc(C#N)ccc4O3)cc2)cc1. The fourth-order valence-corrected chi connectivity index (χ4v) is 4.24. The third-order valence-corrected chi connectivity index (χ3v) is 6.40. The van der Waals surface area contributed by atoms with Crippen LogP contribution in [0, 0.1) is 11.3 Å². The molecule has 0 saturated carbocycles. The maximum Gasteiger partial charge on any atom is 0.311 e. The van der Waals surface area contributed by atoms with Gasteiger partial charge in [-0.15, -0.1) is 0 Å². The van der Waals surface area contributed by atoms with Gasteiger partial charge in [0.1, 0.15) is 11.5 Å². The van der Waals surface area contributed by atoms with Crippen molar-refractivity contribution in [1.29, 1.82) is 5.26 Å². The Morgan fingerprint density at radius 1 is 1.08 bits per heavy atom. The number of amides is 1. The van der Waals surface area contributed by atoms with Gasteiger partial charge in [-0.05, 0) is 65.4 Å². The summed E-state index contributed by atoms with van der Waals surface area (Å²) in [6.45, 7) is 7.06. The molecular weight excluding hydrogens is 468 g/mol. The van der Waals surface area contributed by atoms with Crippen LogP contribution in [-0.4, -0.2) is 29.8 Å². The molecule has 37 heavy (non-hydrogen) atoms. The molecule has 0 aliphatic carbocycles. The number of hydrogen-bond donors (Lipinski definition) is 2. The molecule has 4 rings (SSSR count). The zero-order valence-electron chi connectivity index (χ0n) is 21.2. The minimum atomic E-state index is -1.01. The second kappa shape index (κ2) is 10.8. The van der Waals surface area contributed by atoms with Gasteiger partial charge in [-0.3, -0.25) is 9.59 Å². The Morgan fingerprint density at radius 2 is 1.78 bits per heavy atom. The Morgan fingerprint density at radius 3 is 2.41 bits per heavy atom. The van der Waals surface area contributed by atoms with Gasteiger partial charge in [0, 0.05) is 24.1 Å². The molecule has 1 aliphatic rings. The highest BCUT2D eigenvalue weighted by atomic mass is 16.7. The van der Waals surface area contributed by atoms with Crippen LogP contribution in [0.5, 0.6) is 11.5 Å². The fraction of sp³-hybridized carbons (Fsp3) is 0.300. The highest BCUT2D eigenvalue weighted by Crippen LogP contribution is 2.37. The van der Waals surface area contributed by atoms with Crippen LogP contribution in [0.25, 0.3) is 0 Å². The summed E-state index contributed by atoms with van der Waals surface area (Å²) in [6, 6.07) is 21.8. The minimum Gasteiger partial charge on any atom is -0.481 e. The molecule has 3 aromatic carbocycles. The van der Waals surface area contributed by atoms with E-state index in [1.54, 1.807) is 42.5 Å². The Labute approximate surface area is 216 Å². The van der Waals surface area contributed by atoms with Crippen molar-refractivity contribution in [2.75, 3.05) is 6.54 Å². The number of nitrogens with zero attached hydrogens (tertiary/aromatic N) is 1. The molecule has 0 radical (unpaired) electrons. The molecule has 2 unspecified atom stereocenters. The standard InChI is InChI=1S/C30H30N2O5/c1-30(2,3)22-9-4-19(5-10-22)14-15-32-28(33)21-7-11-23(12-8-21)36-27-17-25(29(34)35)24-16-20(18-31)6-13-26(24)37-27/h4-13,16,25,27H,14-15,17H2,1-3H3,(H,32,33)(H,34,35). The lowest BCUT2D eigenvalue weighted by atomic mass is 9.86. The summed E-state index contributed by atoms with van der Waals surface area (Å²) in [5.74, 6) is -1.20. The van der Waals surface area contributed by atoms with Crippen LogP contribution in [0.2, 0.25) is 0 Å². The largest absolute Gasteiger partial charge is 0.481 e. The van der Waals surface area contributed by atoms with Crippen molar-refractivity contribution in [3.05, 3.63) is 94.5 Å². The average Bonchev–Trinajstić information content (AvgIpc) is 2.88. The Balaban J connectivity index is 1.32. The van der Waals surface area contributed by atoms with Gasteiger partial charge in [0.2, 0.25) is 6.29 Å². The van der Waals surface area contributed by atoms with Gasteiger partial charge in [0.05, 0.1) is 17.6 Å². The maximum atomic E-state index is 12.6. The van der Waals surface area contributed by atoms with Crippen LogP contribution < -0.4 is 14.8 Å². The Kier molecular flexibility index (Phi) is 7.49. The quantitative estimate of drug-likeness (QED) is 0.464. The number of nitriles is 1. The van der Waals surface area contributed by atoms with E-state index in [2.05, 4.69) is 50.4 Å². The summed E-state index contributed by atoms with van der Waals surface area (Å²) in [7, 11) is 0. The lowest BCUT2D eigenvalue weighted by Crippen LogP contribution is -2.33. The minimum absolute atomic E-state index is 0.0934. The number of carboxylic acids is 1. The van der Waals surface area contributed by atoms with Crippen molar-refractivity contribution in [3.8, 4) is 17.6 Å². The molecule has 190 valence electrons. The molecule has 0 aromatic heterocycles. The summed E-state index contributed by atoms with van der Waals surface area (Å²) in [5, 5.41) is 21.7. The number of nitrogens with one attached hydrogen (secondary N) is 1. The predicted octanol–water partition coefficient (Wildman–Crippen LogP) is 5.18. The lowest BCUT2D eigenvalue weighted by molar-refractivity contribution is -0.141. The monoisotopic (exact) mass is 498 g/mol. The van der Waals surface area contributed by atoms with E-state index >= 15 is 0 Å². The molecule has 7 nitrogen and oxygen atoms in total. The number of carbonyl (C=O) groups is 2. The van der Waals surface area contributed by atoms with Crippen molar-refractivity contribution < 1.29 is 24.2 Å². The number of ether oxygens (including phenoxy) is 2. The first-order valence-electron chi connectivity index (χ1n) is 12.2. The van der Waals surface area contributed by atoms with E-state index in [0.717, 1.165) is 12.0 Å². The van der Waals surface area contributed by atoms with E-state index < -0.39 is 18.2 Å². The molecule has 0 saturated heterocycles. The van der Waals surface area contributed by atoms with Crippen molar-refractivity contribution >= 4 is 11.9 Å². The van der Waals surface area contributed by atoms with Gasteiger partial charge in [-0.1, -0.05) is 45.0 Å². The van der Waals surface area contributed by atoms with Crippen LogP contribution in [-0.2, 0) is 16.6 Å². The van der Waals surface area contributed by atoms with Crippen LogP contribution in [0.1, 0.15) is 65.7 Å². The molecule has 0 fully saturated rings. The van der Waals surface area contributed by atoms with Gasteiger partial charge >= 0.3 is 5.97 Å². The van der Waals surface area contributed by atoms with E-state index in [-0.39, 0.29) is 17.7 Å². The van der Waals surface area contributed by atoms with Crippen molar-refractivity contribution in [3.63, 3.8) is 0 Å². The molecule has 2 N–H and O–H groups in total. The summed E-state index contributed by atoms with van der Waals surface area (Å²) in [5.41, 5.74) is 3.88. The van der Waals surface area contributed by atoms with Crippen molar-refractivity contribution in [2.24, 2.45) is 0 Å². The van der Waals surface area contributed by atoms with E-state index in [0.29, 0.717) is 34.7 Å². The van der Waals surface area contributed by atoms with Crippen LogP contribution in [0.15, 0.2) is 66.7 Å². The molecular formula is C30H30N2O5. The first-order valence-corrected chi connectivity index (χ1v) is 12.2. The number of benzene rings is 3. The normalized spacial score (nSPS) is 16.6. The third-order valence-electron chi connectivity index (χ3n) is 6.40. The number of carbonyl (C=O) groups excluding carboxylic acids is 1. The van der Waals surface area contributed by atoms with E-state index in [4.69, 9.17) is 14.7 Å². The maximum absolute atomic E-state index is 12.6. The fourth-order valence-electron chi connectivity index (χ4n) is 4.24. The summed E-state index contributed by atoms with van der Waals surface area (Å²) < 4.78 is 11.7. The van der Waals surface area contributed by atoms with Crippen LogP contribution >= 0.6 is 0 Å². The van der Waals surface area contributed by atoms with Gasteiger partial charge in [-0.2, -0.15) is 5.26 Å². The molecule has 3 aromatic rings. The number of fused-ring (bicyclic) bond motifs is 1. The molecule has 0 spiro atoms. The highest BCUT2D eigenvalue weighted by Gasteiger charge is 2.34. The summed E-state index contributed by atoms with van der Waals surface area (Å²) >= 11 is 0. The summed E-state index contributed by atoms with van der Waals surface area (Å²) in [6.07, 6.45) is 0.0140. The van der Waals surface area contributed by atoms with Gasteiger partial charge in [-0.25, -0.2) is 0 Å². The average molecular weight is 499 g/mol. The molecule has 2 atom stereocenters. The van der Waals surface area contributed by atoms with Crippen molar-refractivity contribution in [2.45, 2.75) is 51.2 Å². The first kappa shape index (κ1) is 25.8. The van der Waals surface area contributed by atoms with E-state index in [1.807, 2.05) is 6.07 Å². The van der Waals surface area contributed by atoms with E-state index in [9.17, 15) is 14.7 Å². The second-order valence-corrected chi connectivity index (χ2v) is 10.1. The molecule has 1 heterocycles. The Bertz CT molecular complexity index is 1320. The molecule has 1 aliphatic heterocycles. The Hall–Kier alpha value is -4.31. The third kappa shape index (κ3) is 6.28. The van der Waals surface area contributed by atoms with Crippen molar-refractivity contribution in [1.82, 2.24) is 5.32 Å². The lowest BCUT2D eigenvalue weighted by Gasteiger charge is -2.30. The summed E-state index contributed by atoms with van der Waals surface area (Å²) in [4.78, 5) is 24.4. The number of aliphatic carboxylic acids is 1. The van der Waals surface area contributed by atoms with E-state index in [1.165, 1.54) is 5.56 Å². The zero-order valence-corrected chi connectivity index (χ0v) is 21.2. The van der Waals surface area contributed by atoms with Crippen LogP contribution in [0.3, 0.4) is 0 Å².